The summed E-state index contributed by atoms with van der Waals surface area (Å²) in [6, 6.07) is 1.73. The number of aliphatic hydroxyl groups excluding tert-OH is 2. The van der Waals surface area contributed by atoms with Gasteiger partial charge in [-0.2, -0.15) is 0 Å². The third-order valence-corrected chi connectivity index (χ3v) is 2.24. The summed E-state index contributed by atoms with van der Waals surface area (Å²) in [5, 5.41) is 18.5. The van der Waals surface area contributed by atoms with Crippen molar-refractivity contribution in [3.05, 3.63) is 29.3 Å². The molecule has 1 aromatic rings. The van der Waals surface area contributed by atoms with Crippen molar-refractivity contribution in [3.8, 4) is 0 Å². The van der Waals surface area contributed by atoms with E-state index in [-0.39, 0.29) is 11.6 Å². The number of nitrogen functional groups attached to an aromatic ring is 1. The van der Waals surface area contributed by atoms with Gasteiger partial charge in [0.05, 0.1) is 17.5 Å². The van der Waals surface area contributed by atoms with Gasteiger partial charge in [0, 0.05) is 5.69 Å². The zero-order valence-corrected chi connectivity index (χ0v) is 8.38. The first-order valence-corrected chi connectivity index (χ1v) is 4.67. The SMILES string of the molecule is Nc1cc(F)c(C(O)C(O)CCl)c(F)c1. The Bertz CT molecular complexity index is 339. The molecule has 0 heterocycles. The van der Waals surface area contributed by atoms with E-state index in [1.165, 1.54) is 0 Å². The number of alkyl halides is 1. The predicted molar refractivity (Wildman–Crippen MR) is 52.5 cm³/mol. The summed E-state index contributed by atoms with van der Waals surface area (Å²) >= 11 is 5.25. The topological polar surface area (TPSA) is 66.5 Å². The van der Waals surface area contributed by atoms with E-state index in [9.17, 15) is 13.9 Å². The van der Waals surface area contributed by atoms with Crippen molar-refractivity contribution in [3.63, 3.8) is 0 Å². The number of aliphatic hydroxyl groups is 2. The first-order valence-electron chi connectivity index (χ1n) is 4.14. The maximum Gasteiger partial charge on any atom is 0.134 e. The molecule has 6 heteroatoms. The fourth-order valence-electron chi connectivity index (χ4n) is 1.16. The summed E-state index contributed by atoms with van der Waals surface area (Å²) in [6.07, 6.45) is -3.14. The number of hydrogen-bond donors (Lipinski definition) is 3. The van der Waals surface area contributed by atoms with Crippen LogP contribution in [0.5, 0.6) is 0 Å². The van der Waals surface area contributed by atoms with E-state index in [1.807, 2.05) is 0 Å². The van der Waals surface area contributed by atoms with Crippen LogP contribution in [0, 0.1) is 11.6 Å². The molecular weight excluding hydrogens is 228 g/mol. The van der Waals surface area contributed by atoms with Crippen molar-refractivity contribution in [1.29, 1.82) is 0 Å². The van der Waals surface area contributed by atoms with Gasteiger partial charge >= 0.3 is 0 Å². The molecule has 0 saturated heterocycles. The van der Waals surface area contributed by atoms with E-state index in [2.05, 4.69) is 0 Å². The van der Waals surface area contributed by atoms with Gasteiger partial charge in [-0.3, -0.25) is 0 Å². The summed E-state index contributed by atoms with van der Waals surface area (Å²) in [6.45, 7) is 0. The molecule has 0 aliphatic carbocycles. The number of anilines is 1. The lowest BCUT2D eigenvalue weighted by Crippen LogP contribution is -2.22. The van der Waals surface area contributed by atoms with Gasteiger partial charge in [0.1, 0.15) is 17.7 Å². The molecule has 3 nitrogen and oxygen atoms in total. The van der Waals surface area contributed by atoms with Gasteiger partial charge in [0.15, 0.2) is 0 Å². The van der Waals surface area contributed by atoms with Crippen LogP contribution >= 0.6 is 11.6 Å². The van der Waals surface area contributed by atoms with Crippen molar-refractivity contribution < 1.29 is 19.0 Å². The van der Waals surface area contributed by atoms with Gasteiger partial charge in [0.25, 0.3) is 0 Å². The highest BCUT2D eigenvalue weighted by Crippen LogP contribution is 2.26. The zero-order chi connectivity index (χ0) is 11.6. The Morgan fingerprint density at radius 1 is 1.27 bits per heavy atom. The molecule has 2 atom stereocenters. The Morgan fingerprint density at radius 2 is 1.73 bits per heavy atom. The minimum absolute atomic E-state index is 0.0960. The molecule has 1 rings (SSSR count). The van der Waals surface area contributed by atoms with Crippen LogP contribution in [0.25, 0.3) is 0 Å². The summed E-state index contributed by atoms with van der Waals surface area (Å²) in [4.78, 5) is 0. The van der Waals surface area contributed by atoms with Crippen LogP contribution in [0.3, 0.4) is 0 Å². The molecule has 0 aliphatic rings. The first kappa shape index (κ1) is 12.2. The van der Waals surface area contributed by atoms with Crippen LogP contribution in [0.2, 0.25) is 0 Å². The largest absolute Gasteiger partial charge is 0.399 e. The second-order valence-electron chi connectivity index (χ2n) is 3.06. The first-order chi connectivity index (χ1) is 6.97. The van der Waals surface area contributed by atoms with E-state index >= 15 is 0 Å². The molecule has 0 aromatic heterocycles. The molecule has 1 aromatic carbocycles. The standard InChI is InChI=1S/C9H10ClF2NO2/c10-3-7(14)9(15)8-5(11)1-4(13)2-6(8)12/h1-2,7,9,14-15H,3,13H2. The molecule has 4 N–H and O–H groups in total. The van der Waals surface area contributed by atoms with Crippen LogP contribution in [-0.4, -0.2) is 22.2 Å². The van der Waals surface area contributed by atoms with E-state index in [4.69, 9.17) is 22.4 Å². The molecule has 0 bridgehead atoms. The summed E-state index contributed by atoms with van der Waals surface area (Å²) in [5.74, 6) is -2.35. The Kier molecular flexibility index (Phi) is 3.84. The molecular formula is C9H10ClF2NO2. The summed E-state index contributed by atoms with van der Waals surface area (Å²) in [5.41, 5.74) is 4.46. The minimum Gasteiger partial charge on any atom is -0.399 e. The number of rotatable bonds is 3. The van der Waals surface area contributed by atoms with Gasteiger partial charge in [-0.05, 0) is 12.1 Å². The fourth-order valence-corrected chi connectivity index (χ4v) is 1.33. The summed E-state index contributed by atoms with van der Waals surface area (Å²) < 4.78 is 26.4. The highest BCUT2D eigenvalue weighted by molar-refractivity contribution is 6.18. The van der Waals surface area contributed by atoms with Crippen molar-refractivity contribution >= 4 is 17.3 Å². The van der Waals surface area contributed by atoms with Gasteiger partial charge < -0.3 is 15.9 Å². The number of halogens is 3. The highest BCUT2D eigenvalue weighted by atomic mass is 35.5. The maximum atomic E-state index is 13.2. The van der Waals surface area contributed by atoms with Gasteiger partial charge in [0.2, 0.25) is 0 Å². The summed E-state index contributed by atoms with van der Waals surface area (Å²) in [7, 11) is 0. The lowest BCUT2D eigenvalue weighted by atomic mass is 10.0. The van der Waals surface area contributed by atoms with Gasteiger partial charge in [-0.15, -0.1) is 11.6 Å². The van der Waals surface area contributed by atoms with E-state index in [0.717, 1.165) is 12.1 Å². The normalized spacial score (nSPS) is 15.0. The fraction of sp³-hybridized carbons (Fsp3) is 0.333. The van der Waals surface area contributed by atoms with Crippen LogP contribution in [-0.2, 0) is 0 Å². The molecule has 0 amide bonds. The predicted octanol–water partition coefficient (Wildman–Crippen LogP) is 1.18. The van der Waals surface area contributed by atoms with E-state index in [0.29, 0.717) is 0 Å². The minimum atomic E-state index is -1.71. The molecule has 2 unspecified atom stereocenters. The monoisotopic (exact) mass is 237 g/mol. The number of benzene rings is 1. The van der Waals surface area contributed by atoms with Crippen LogP contribution in [0.15, 0.2) is 12.1 Å². The second kappa shape index (κ2) is 4.74. The highest BCUT2D eigenvalue weighted by Gasteiger charge is 2.24. The molecule has 84 valence electrons. The molecule has 0 fully saturated rings. The van der Waals surface area contributed by atoms with Crippen molar-refractivity contribution in [2.45, 2.75) is 12.2 Å². The third-order valence-electron chi connectivity index (χ3n) is 1.92. The average Bonchev–Trinajstić information content (AvgIpc) is 2.14. The zero-order valence-electron chi connectivity index (χ0n) is 7.62. The average molecular weight is 238 g/mol. The third kappa shape index (κ3) is 2.56. The van der Waals surface area contributed by atoms with Crippen molar-refractivity contribution in [1.82, 2.24) is 0 Å². The van der Waals surface area contributed by atoms with Crippen LogP contribution in [0.1, 0.15) is 11.7 Å². The van der Waals surface area contributed by atoms with Crippen LogP contribution in [0.4, 0.5) is 14.5 Å². The van der Waals surface area contributed by atoms with Crippen molar-refractivity contribution in [2.24, 2.45) is 0 Å². The Morgan fingerprint density at radius 3 is 2.13 bits per heavy atom. The molecule has 0 saturated carbocycles. The van der Waals surface area contributed by atoms with E-state index in [1.54, 1.807) is 0 Å². The number of nitrogens with two attached hydrogens (primary N) is 1. The van der Waals surface area contributed by atoms with Gasteiger partial charge in [-0.25, -0.2) is 8.78 Å². The van der Waals surface area contributed by atoms with Crippen molar-refractivity contribution in [2.75, 3.05) is 11.6 Å². The Balaban J connectivity index is 3.13. The Hall–Kier alpha value is -0.910. The Labute approximate surface area is 90.1 Å². The van der Waals surface area contributed by atoms with Gasteiger partial charge in [-0.1, -0.05) is 0 Å². The van der Waals surface area contributed by atoms with E-state index < -0.39 is 29.4 Å². The smallest absolute Gasteiger partial charge is 0.134 e. The molecule has 0 spiro atoms. The maximum absolute atomic E-state index is 13.2. The molecule has 0 radical (unpaired) electrons. The number of hydrogen-bond acceptors (Lipinski definition) is 3. The molecule has 15 heavy (non-hydrogen) atoms. The molecule has 0 aliphatic heterocycles. The second-order valence-corrected chi connectivity index (χ2v) is 3.37. The lowest BCUT2D eigenvalue weighted by Gasteiger charge is -2.17. The quantitative estimate of drug-likeness (QED) is 0.546. The van der Waals surface area contributed by atoms with Crippen LogP contribution < -0.4 is 5.73 Å². The lowest BCUT2D eigenvalue weighted by molar-refractivity contribution is 0.0281.